The Morgan fingerprint density at radius 2 is 1.88 bits per heavy atom. The van der Waals surface area contributed by atoms with Crippen LogP contribution < -0.4 is 20.3 Å². The average molecular weight is 497 g/mol. The summed E-state index contributed by atoms with van der Waals surface area (Å²) < 4.78 is 11.6. The number of hydrogen-bond donors (Lipinski definition) is 1. The Bertz CT molecular complexity index is 1100. The number of rotatable bonds is 6. The highest BCUT2D eigenvalue weighted by Gasteiger charge is 2.40. The third-order valence-corrected chi connectivity index (χ3v) is 6.56. The van der Waals surface area contributed by atoms with Crippen LogP contribution in [-0.2, 0) is 4.74 Å². The molecule has 2 aromatic heterocycles. The SMILES string of the molecule is COCOc1ccccc1-c1cc(N2CC3CCC(C2)N3c2ccnc(Br)c2)c(N)nn1. The molecule has 166 valence electrons. The molecule has 0 amide bonds. The Labute approximate surface area is 195 Å². The van der Waals surface area contributed by atoms with Crippen molar-refractivity contribution in [1.82, 2.24) is 15.2 Å². The fourth-order valence-electron chi connectivity index (χ4n) is 4.78. The van der Waals surface area contributed by atoms with Crippen LogP contribution in [0.2, 0.25) is 0 Å². The van der Waals surface area contributed by atoms with Crippen molar-refractivity contribution in [1.29, 1.82) is 0 Å². The maximum Gasteiger partial charge on any atom is 0.188 e. The Morgan fingerprint density at radius 1 is 1.09 bits per heavy atom. The lowest BCUT2D eigenvalue weighted by atomic mass is 10.1. The van der Waals surface area contributed by atoms with Gasteiger partial charge in [-0.05, 0) is 59.1 Å². The van der Waals surface area contributed by atoms with Gasteiger partial charge >= 0.3 is 0 Å². The van der Waals surface area contributed by atoms with Gasteiger partial charge in [0.25, 0.3) is 0 Å². The first kappa shape index (κ1) is 21.0. The van der Waals surface area contributed by atoms with Crippen molar-refractivity contribution >= 4 is 33.1 Å². The molecule has 0 saturated carbocycles. The Balaban J connectivity index is 1.43. The number of hydrogen-bond acceptors (Lipinski definition) is 8. The topological polar surface area (TPSA) is 89.6 Å². The number of nitrogen functional groups attached to an aromatic ring is 1. The van der Waals surface area contributed by atoms with Crippen LogP contribution in [0.15, 0.2) is 53.3 Å². The van der Waals surface area contributed by atoms with Crippen LogP contribution in [0.25, 0.3) is 11.3 Å². The van der Waals surface area contributed by atoms with Gasteiger partial charge < -0.3 is 25.0 Å². The van der Waals surface area contributed by atoms with Crippen molar-refractivity contribution in [2.75, 3.05) is 42.5 Å². The van der Waals surface area contributed by atoms with Gasteiger partial charge in [-0.15, -0.1) is 10.2 Å². The smallest absolute Gasteiger partial charge is 0.188 e. The van der Waals surface area contributed by atoms with Gasteiger partial charge in [0.05, 0.1) is 11.4 Å². The van der Waals surface area contributed by atoms with Crippen molar-refractivity contribution in [2.24, 2.45) is 0 Å². The molecular weight excluding hydrogens is 472 g/mol. The van der Waals surface area contributed by atoms with E-state index in [1.807, 2.05) is 36.5 Å². The van der Waals surface area contributed by atoms with Gasteiger partial charge in [-0.3, -0.25) is 0 Å². The van der Waals surface area contributed by atoms with E-state index < -0.39 is 0 Å². The van der Waals surface area contributed by atoms with E-state index in [1.54, 1.807) is 7.11 Å². The maximum absolute atomic E-state index is 6.30. The lowest BCUT2D eigenvalue weighted by Crippen LogP contribution is -2.54. The highest BCUT2D eigenvalue weighted by Crippen LogP contribution is 2.39. The molecule has 2 saturated heterocycles. The Kier molecular flexibility index (Phi) is 5.84. The summed E-state index contributed by atoms with van der Waals surface area (Å²) in [6, 6.07) is 14.8. The molecule has 5 rings (SSSR count). The van der Waals surface area contributed by atoms with Crippen LogP contribution in [0.5, 0.6) is 5.75 Å². The number of methoxy groups -OCH3 is 1. The molecule has 9 heteroatoms. The number of fused-ring (bicyclic) bond motifs is 2. The summed E-state index contributed by atoms with van der Waals surface area (Å²) in [6.07, 6.45) is 4.16. The molecule has 32 heavy (non-hydrogen) atoms. The Hall–Kier alpha value is -2.91. The average Bonchev–Trinajstić information content (AvgIpc) is 3.08. The van der Waals surface area contributed by atoms with Gasteiger partial charge in [0.15, 0.2) is 12.6 Å². The quantitative estimate of drug-likeness (QED) is 0.407. The molecule has 0 spiro atoms. The van der Waals surface area contributed by atoms with Crippen LogP contribution in [0.1, 0.15) is 12.8 Å². The number of nitrogens with two attached hydrogens (primary N) is 1. The lowest BCUT2D eigenvalue weighted by molar-refractivity contribution is 0.0515. The fourth-order valence-corrected chi connectivity index (χ4v) is 5.13. The number of ether oxygens (including phenoxy) is 2. The molecule has 2 aliphatic heterocycles. The van der Waals surface area contributed by atoms with E-state index in [2.05, 4.69) is 53.0 Å². The maximum atomic E-state index is 6.30. The third kappa shape index (κ3) is 3.98. The molecule has 8 nitrogen and oxygen atoms in total. The molecule has 0 aliphatic carbocycles. The predicted octanol–water partition coefficient (Wildman–Crippen LogP) is 3.72. The first-order chi connectivity index (χ1) is 15.6. The first-order valence-corrected chi connectivity index (χ1v) is 11.4. The van der Waals surface area contributed by atoms with Crippen molar-refractivity contribution in [3.05, 3.63) is 53.3 Å². The molecule has 2 aliphatic rings. The van der Waals surface area contributed by atoms with Crippen molar-refractivity contribution < 1.29 is 9.47 Å². The van der Waals surface area contributed by atoms with Crippen molar-refractivity contribution in [3.63, 3.8) is 0 Å². The second kappa shape index (κ2) is 8.91. The van der Waals surface area contributed by atoms with Gasteiger partial charge in [-0.25, -0.2) is 4.98 Å². The molecular formula is C23H25BrN6O2. The van der Waals surface area contributed by atoms with E-state index in [4.69, 9.17) is 15.2 Å². The molecule has 1 aromatic carbocycles. The zero-order valence-corrected chi connectivity index (χ0v) is 19.4. The van der Waals surface area contributed by atoms with Crippen molar-refractivity contribution in [2.45, 2.75) is 24.9 Å². The number of anilines is 3. The number of para-hydroxylation sites is 1. The summed E-state index contributed by atoms with van der Waals surface area (Å²) in [5.74, 6) is 1.15. The van der Waals surface area contributed by atoms with Crippen molar-refractivity contribution in [3.8, 4) is 17.0 Å². The van der Waals surface area contributed by atoms with E-state index in [9.17, 15) is 0 Å². The van der Waals surface area contributed by atoms with E-state index in [0.29, 0.717) is 23.7 Å². The minimum atomic E-state index is 0.169. The molecule has 2 bridgehead atoms. The molecule has 2 unspecified atom stereocenters. The number of halogens is 1. The molecule has 2 N–H and O–H groups in total. The second-order valence-corrected chi connectivity index (χ2v) is 8.89. The number of nitrogens with zero attached hydrogens (tertiary/aromatic N) is 5. The van der Waals surface area contributed by atoms with Crippen LogP contribution in [0.4, 0.5) is 17.2 Å². The third-order valence-electron chi connectivity index (χ3n) is 6.13. The van der Waals surface area contributed by atoms with Gasteiger partial charge in [0, 0.05) is 49.7 Å². The van der Waals surface area contributed by atoms with Crippen LogP contribution in [-0.4, -0.2) is 54.3 Å². The molecule has 3 aromatic rings. The summed E-state index contributed by atoms with van der Waals surface area (Å²) in [5.41, 5.74) is 10.0. The van der Waals surface area contributed by atoms with Crippen LogP contribution in [0.3, 0.4) is 0 Å². The highest BCUT2D eigenvalue weighted by atomic mass is 79.9. The number of pyridine rings is 1. The minimum absolute atomic E-state index is 0.169. The predicted molar refractivity (Wildman–Crippen MR) is 128 cm³/mol. The van der Waals surface area contributed by atoms with Crippen LogP contribution in [0, 0.1) is 0 Å². The van der Waals surface area contributed by atoms with Gasteiger partial charge in [0.2, 0.25) is 0 Å². The highest BCUT2D eigenvalue weighted by molar-refractivity contribution is 9.10. The summed E-state index contributed by atoms with van der Waals surface area (Å²) in [5, 5.41) is 8.64. The van der Waals surface area contributed by atoms with Gasteiger partial charge in [-0.1, -0.05) is 12.1 Å². The largest absolute Gasteiger partial charge is 0.467 e. The standard InChI is InChI=1S/C23H25BrN6O2/c1-31-14-32-21-5-3-2-4-18(21)19-11-20(23(25)28-27-19)29-12-16-6-7-17(13-29)30(16)15-8-9-26-22(24)10-15/h2-5,8-11,16-17H,6-7,12-14H2,1H3,(H2,25,28). The lowest BCUT2D eigenvalue weighted by Gasteiger charge is -2.43. The second-order valence-electron chi connectivity index (χ2n) is 8.08. The number of aromatic nitrogens is 3. The van der Waals surface area contributed by atoms with E-state index in [0.717, 1.165) is 47.5 Å². The summed E-state index contributed by atoms with van der Waals surface area (Å²) in [4.78, 5) is 9.15. The zero-order valence-electron chi connectivity index (χ0n) is 17.8. The Morgan fingerprint density at radius 3 is 2.62 bits per heavy atom. The fraction of sp³-hybridized carbons (Fsp3) is 0.348. The number of piperazine rings is 1. The molecule has 4 heterocycles. The van der Waals surface area contributed by atoms with E-state index >= 15 is 0 Å². The monoisotopic (exact) mass is 496 g/mol. The zero-order chi connectivity index (χ0) is 22.1. The summed E-state index contributed by atoms with van der Waals surface area (Å²) >= 11 is 3.50. The van der Waals surface area contributed by atoms with Gasteiger partial charge in [0.1, 0.15) is 10.4 Å². The molecule has 2 atom stereocenters. The minimum Gasteiger partial charge on any atom is -0.467 e. The van der Waals surface area contributed by atoms with E-state index in [1.165, 1.54) is 5.69 Å². The molecule has 2 fully saturated rings. The first-order valence-electron chi connectivity index (χ1n) is 10.6. The molecule has 0 radical (unpaired) electrons. The number of benzene rings is 1. The summed E-state index contributed by atoms with van der Waals surface area (Å²) in [7, 11) is 1.60. The van der Waals surface area contributed by atoms with Crippen LogP contribution >= 0.6 is 15.9 Å². The van der Waals surface area contributed by atoms with E-state index in [-0.39, 0.29) is 6.79 Å². The normalized spacial score (nSPS) is 19.9. The summed E-state index contributed by atoms with van der Waals surface area (Å²) in [6.45, 7) is 1.93. The van der Waals surface area contributed by atoms with Gasteiger partial charge in [-0.2, -0.15) is 0 Å².